The molecule has 1 aliphatic heterocycles. The molecule has 0 saturated carbocycles. The van der Waals surface area contributed by atoms with Crippen LogP contribution in [-0.4, -0.2) is 20.9 Å². The van der Waals surface area contributed by atoms with E-state index in [0.717, 1.165) is 18.8 Å². The molecule has 2 heteroatoms. The topological polar surface area (TPSA) is 12.0 Å². The maximum absolute atomic E-state index is 5.39. The van der Waals surface area contributed by atoms with Crippen molar-refractivity contribution in [3.63, 3.8) is 0 Å². The van der Waals surface area contributed by atoms with Crippen molar-refractivity contribution in [2.75, 3.05) is 13.1 Å². The molecule has 1 nitrogen and oxygen atoms in total. The zero-order valence-corrected chi connectivity index (χ0v) is 4.48. The third-order valence-electron chi connectivity index (χ3n) is 1.50. The standard InChI is InChI=1S/C5H10BN/c6-3-5-1-2-7-4-5/h5,7H,1-4H2. The van der Waals surface area contributed by atoms with Gasteiger partial charge in [-0.3, -0.25) is 0 Å². The smallest absolute Gasteiger partial charge is 0.0657 e. The van der Waals surface area contributed by atoms with Crippen molar-refractivity contribution in [1.82, 2.24) is 5.32 Å². The first-order valence-electron chi connectivity index (χ1n) is 2.84. The monoisotopic (exact) mass is 95.1 g/mol. The predicted octanol–water partition coefficient (Wildman–Crippen LogP) is 0.183. The summed E-state index contributed by atoms with van der Waals surface area (Å²) < 4.78 is 0. The van der Waals surface area contributed by atoms with E-state index in [1.54, 1.807) is 0 Å². The summed E-state index contributed by atoms with van der Waals surface area (Å²) in [6, 6.07) is 0. The zero-order valence-electron chi connectivity index (χ0n) is 4.48. The molecule has 1 atom stereocenters. The molecule has 0 aromatic heterocycles. The van der Waals surface area contributed by atoms with Gasteiger partial charge in [0.25, 0.3) is 0 Å². The number of hydrogen-bond donors (Lipinski definition) is 1. The minimum Gasteiger partial charge on any atom is -0.316 e. The average Bonchev–Trinajstić information content (AvgIpc) is 2.14. The summed E-state index contributed by atoms with van der Waals surface area (Å²) in [6.07, 6.45) is 2.13. The molecule has 38 valence electrons. The van der Waals surface area contributed by atoms with Crippen LogP contribution in [0.4, 0.5) is 0 Å². The molecule has 0 amide bonds. The van der Waals surface area contributed by atoms with Gasteiger partial charge < -0.3 is 5.32 Å². The van der Waals surface area contributed by atoms with Crippen molar-refractivity contribution in [2.24, 2.45) is 5.92 Å². The molecule has 1 unspecified atom stereocenters. The molecule has 0 aromatic carbocycles. The molecule has 1 saturated heterocycles. The first-order chi connectivity index (χ1) is 3.43. The van der Waals surface area contributed by atoms with E-state index >= 15 is 0 Å². The third-order valence-corrected chi connectivity index (χ3v) is 1.50. The Bertz CT molecular complexity index is 50.0. The second-order valence-corrected chi connectivity index (χ2v) is 2.09. The van der Waals surface area contributed by atoms with Crippen molar-refractivity contribution in [2.45, 2.75) is 12.7 Å². The fourth-order valence-corrected chi connectivity index (χ4v) is 0.916. The molecule has 0 aromatic rings. The van der Waals surface area contributed by atoms with Crippen LogP contribution in [0.25, 0.3) is 0 Å². The molecule has 7 heavy (non-hydrogen) atoms. The SMILES string of the molecule is [B]CC1CCNC1. The molecule has 0 bridgehead atoms. The third kappa shape index (κ3) is 1.20. The molecule has 1 aliphatic rings. The van der Waals surface area contributed by atoms with E-state index in [1.807, 2.05) is 0 Å². The molecule has 1 N–H and O–H groups in total. The highest BCUT2D eigenvalue weighted by Gasteiger charge is 2.09. The van der Waals surface area contributed by atoms with Crippen LogP contribution in [0.2, 0.25) is 6.32 Å². The molecule has 1 fully saturated rings. The Balaban J connectivity index is 2.14. The van der Waals surface area contributed by atoms with E-state index in [-0.39, 0.29) is 0 Å². The van der Waals surface area contributed by atoms with Crippen LogP contribution in [-0.2, 0) is 0 Å². The minimum absolute atomic E-state index is 0.764. The fraction of sp³-hybridized carbons (Fsp3) is 1.00. The Kier molecular flexibility index (Phi) is 1.74. The Morgan fingerprint density at radius 1 is 1.71 bits per heavy atom. The lowest BCUT2D eigenvalue weighted by Gasteiger charge is -1.99. The highest BCUT2D eigenvalue weighted by atomic mass is 14.9. The first kappa shape index (κ1) is 5.17. The van der Waals surface area contributed by atoms with E-state index in [0.29, 0.717) is 0 Å². The van der Waals surface area contributed by atoms with E-state index in [4.69, 9.17) is 7.85 Å². The lowest BCUT2D eigenvalue weighted by Crippen LogP contribution is -2.08. The Labute approximate surface area is 45.9 Å². The van der Waals surface area contributed by atoms with Crippen LogP contribution < -0.4 is 5.32 Å². The normalized spacial score (nSPS) is 31.1. The highest BCUT2D eigenvalue weighted by molar-refractivity contribution is 6.08. The fourth-order valence-electron chi connectivity index (χ4n) is 0.916. The zero-order chi connectivity index (χ0) is 5.11. The van der Waals surface area contributed by atoms with Crippen molar-refractivity contribution in [3.8, 4) is 0 Å². The largest absolute Gasteiger partial charge is 0.316 e. The van der Waals surface area contributed by atoms with Crippen molar-refractivity contribution in [1.29, 1.82) is 0 Å². The first-order valence-corrected chi connectivity index (χ1v) is 2.84. The van der Waals surface area contributed by atoms with Gasteiger partial charge in [-0.25, -0.2) is 0 Å². The van der Waals surface area contributed by atoms with Gasteiger partial charge in [0.15, 0.2) is 0 Å². The maximum Gasteiger partial charge on any atom is 0.0657 e. The summed E-state index contributed by atoms with van der Waals surface area (Å²) in [4.78, 5) is 0. The highest BCUT2D eigenvalue weighted by Crippen LogP contribution is 2.09. The molecule has 2 radical (unpaired) electrons. The molecule has 1 heterocycles. The van der Waals surface area contributed by atoms with Gasteiger partial charge in [-0.15, -0.1) is 0 Å². The summed E-state index contributed by atoms with van der Waals surface area (Å²) >= 11 is 0. The number of rotatable bonds is 1. The van der Waals surface area contributed by atoms with Crippen LogP contribution in [0.1, 0.15) is 6.42 Å². The predicted molar refractivity (Wildman–Crippen MR) is 31.5 cm³/mol. The van der Waals surface area contributed by atoms with Gasteiger partial charge >= 0.3 is 0 Å². The van der Waals surface area contributed by atoms with E-state index in [1.165, 1.54) is 13.0 Å². The maximum atomic E-state index is 5.39. The quantitative estimate of drug-likeness (QED) is 0.458. The summed E-state index contributed by atoms with van der Waals surface area (Å²) in [5.74, 6) is 0.764. The second-order valence-electron chi connectivity index (χ2n) is 2.09. The van der Waals surface area contributed by atoms with Crippen LogP contribution in [0.3, 0.4) is 0 Å². The van der Waals surface area contributed by atoms with Gasteiger partial charge in [0.05, 0.1) is 7.85 Å². The summed E-state index contributed by atoms with van der Waals surface area (Å²) in [5, 5.41) is 3.24. The van der Waals surface area contributed by atoms with Gasteiger partial charge in [-0.1, -0.05) is 6.32 Å². The molecular formula is C5H10BN. The van der Waals surface area contributed by atoms with Gasteiger partial charge in [0.1, 0.15) is 0 Å². The Morgan fingerprint density at radius 3 is 2.86 bits per heavy atom. The van der Waals surface area contributed by atoms with Gasteiger partial charge in [-0.05, 0) is 25.4 Å². The van der Waals surface area contributed by atoms with E-state index < -0.39 is 0 Å². The molecule has 0 aliphatic carbocycles. The number of hydrogen-bond acceptors (Lipinski definition) is 1. The molecule has 1 rings (SSSR count). The second kappa shape index (κ2) is 2.36. The lowest BCUT2D eigenvalue weighted by atomic mass is 9.91. The van der Waals surface area contributed by atoms with Crippen LogP contribution in [0.15, 0.2) is 0 Å². The van der Waals surface area contributed by atoms with Crippen LogP contribution in [0, 0.1) is 5.92 Å². The Morgan fingerprint density at radius 2 is 2.57 bits per heavy atom. The van der Waals surface area contributed by atoms with Gasteiger partial charge in [-0.2, -0.15) is 0 Å². The Hall–Kier alpha value is 0.0249. The van der Waals surface area contributed by atoms with Gasteiger partial charge in [0.2, 0.25) is 0 Å². The van der Waals surface area contributed by atoms with Crippen LogP contribution in [0.5, 0.6) is 0 Å². The summed E-state index contributed by atoms with van der Waals surface area (Å²) in [5.41, 5.74) is 0. The molecule has 0 spiro atoms. The minimum atomic E-state index is 0.764. The van der Waals surface area contributed by atoms with Gasteiger partial charge in [0, 0.05) is 0 Å². The van der Waals surface area contributed by atoms with E-state index in [2.05, 4.69) is 5.32 Å². The lowest BCUT2D eigenvalue weighted by molar-refractivity contribution is 0.650. The summed E-state index contributed by atoms with van der Waals surface area (Å²) in [6.45, 7) is 2.30. The van der Waals surface area contributed by atoms with Crippen molar-refractivity contribution in [3.05, 3.63) is 0 Å². The van der Waals surface area contributed by atoms with Crippen LogP contribution >= 0.6 is 0 Å². The summed E-state index contributed by atoms with van der Waals surface area (Å²) in [7, 11) is 5.39. The average molecular weight is 95.0 g/mol. The van der Waals surface area contributed by atoms with Crippen molar-refractivity contribution < 1.29 is 0 Å². The van der Waals surface area contributed by atoms with E-state index in [9.17, 15) is 0 Å². The van der Waals surface area contributed by atoms with Crippen molar-refractivity contribution >= 4 is 7.85 Å². The number of nitrogens with one attached hydrogen (secondary N) is 1. The molecular weight excluding hydrogens is 84.9 g/mol.